The van der Waals surface area contributed by atoms with Gasteiger partial charge in [0.25, 0.3) is 0 Å². The molecule has 130 valence electrons. The minimum atomic E-state index is -0.329. The van der Waals surface area contributed by atoms with E-state index in [9.17, 15) is 4.79 Å². The Labute approximate surface area is 161 Å². The molecule has 1 aromatic carbocycles. The van der Waals surface area contributed by atoms with Crippen molar-refractivity contribution in [3.8, 4) is 0 Å². The van der Waals surface area contributed by atoms with Crippen molar-refractivity contribution in [3.63, 3.8) is 0 Å². The van der Waals surface area contributed by atoms with Gasteiger partial charge in [0.2, 0.25) is 0 Å². The SMILES string of the molecule is COC(=O)c1cc2cc(C)c(NSN3CCOCC3)cc2n1SI. The predicted octanol–water partition coefficient (Wildman–Crippen LogP) is 3.89. The lowest BCUT2D eigenvalue weighted by Gasteiger charge is -2.25. The number of morpholine rings is 1. The minimum Gasteiger partial charge on any atom is -0.464 e. The number of aryl methyl sites for hydroxylation is 1. The standard InChI is InChI=1S/C15H18IN3O3S2/c1-10-7-11-8-14(15(20)21-2)19(23-16)13(11)9-12(10)17-24-18-3-5-22-6-4-18/h7-9,17H,3-6H2,1-2H3. The van der Waals surface area contributed by atoms with Gasteiger partial charge in [0.15, 0.2) is 0 Å². The maximum Gasteiger partial charge on any atom is 0.355 e. The number of esters is 1. The average molecular weight is 479 g/mol. The van der Waals surface area contributed by atoms with E-state index >= 15 is 0 Å². The predicted molar refractivity (Wildman–Crippen MR) is 109 cm³/mol. The number of hydrogen-bond acceptors (Lipinski definition) is 7. The first-order valence-corrected chi connectivity index (χ1v) is 11.5. The fourth-order valence-electron chi connectivity index (χ4n) is 2.53. The van der Waals surface area contributed by atoms with Crippen molar-refractivity contribution in [1.29, 1.82) is 0 Å². The lowest BCUT2D eigenvalue weighted by molar-refractivity contribution is 0.0594. The Morgan fingerprint density at radius 3 is 2.75 bits per heavy atom. The topological polar surface area (TPSA) is 55.7 Å². The Bertz CT molecular complexity index is 747. The van der Waals surface area contributed by atoms with Crippen LogP contribution < -0.4 is 4.72 Å². The van der Waals surface area contributed by atoms with Crippen molar-refractivity contribution in [2.75, 3.05) is 38.1 Å². The Kier molecular flexibility index (Phi) is 6.19. The summed E-state index contributed by atoms with van der Waals surface area (Å²) in [5, 5.41) is 1.03. The van der Waals surface area contributed by atoms with Crippen LogP contribution in [0, 0.1) is 6.92 Å². The van der Waals surface area contributed by atoms with Gasteiger partial charge in [0, 0.05) is 60.9 Å². The summed E-state index contributed by atoms with van der Waals surface area (Å²) in [6.45, 7) is 5.41. The van der Waals surface area contributed by atoms with Gasteiger partial charge in [-0.25, -0.2) is 9.10 Å². The lowest BCUT2D eigenvalue weighted by Crippen LogP contribution is -2.32. The Morgan fingerprint density at radius 2 is 2.08 bits per heavy atom. The van der Waals surface area contributed by atoms with Crippen LogP contribution in [0.2, 0.25) is 0 Å². The summed E-state index contributed by atoms with van der Waals surface area (Å²) >= 11 is 3.77. The Morgan fingerprint density at radius 1 is 1.33 bits per heavy atom. The van der Waals surface area contributed by atoms with E-state index in [0.717, 1.165) is 48.5 Å². The summed E-state index contributed by atoms with van der Waals surface area (Å²) in [6, 6.07) is 6.04. The van der Waals surface area contributed by atoms with Crippen LogP contribution >= 0.6 is 42.5 Å². The fourth-order valence-corrected chi connectivity index (χ4v) is 5.01. The van der Waals surface area contributed by atoms with Crippen molar-refractivity contribution in [2.45, 2.75) is 6.92 Å². The second-order valence-corrected chi connectivity index (χ2v) is 7.93. The van der Waals surface area contributed by atoms with Crippen LogP contribution in [-0.4, -0.2) is 47.7 Å². The molecule has 0 unspecified atom stereocenters. The molecule has 2 heterocycles. The number of carbonyl (C=O) groups excluding carboxylic acids is 1. The molecule has 2 aromatic rings. The molecule has 0 spiro atoms. The zero-order valence-electron chi connectivity index (χ0n) is 13.4. The van der Waals surface area contributed by atoms with Gasteiger partial charge < -0.3 is 14.2 Å². The highest BCUT2D eigenvalue weighted by Crippen LogP contribution is 2.33. The monoisotopic (exact) mass is 479 g/mol. The molecule has 0 atom stereocenters. The number of fused-ring (bicyclic) bond motifs is 1. The molecule has 9 heteroatoms. The van der Waals surface area contributed by atoms with E-state index in [0.29, 0.717) is 5.69 Å². The Hall–Kier alpha value is -0.620. The van der Waals surface area contributed by atoms with Gasteiger partial charge in [-0.3, -0.25) is 3.97 Å². The molecule has 0 aliphatic carbocycles. The largest absolute Gasteiger partial charge is 0.464 e. The van der Waals surface area contributed by atoms with Crippen LogP contribution in [0.25, 0.3) is 10.9 Å². The summed E-state index contributed by atoms with van der Waals surface area (Å²) in [5.74, 6) is -0.329. The van der Waals surface area contributed by atoms with E-state index in [1.165, 1.54) is 16.2 Å². The van der Waals surface area contributed by atoms with Gasteiger partial charge in [-0.15, -0.1) is 0 Å². The number of nitrogens with one attached hydrogen (secondary N) is 1. The molecule has 0 amide bonds. The third-order valence-corrected chi connectivity index (χ3v) is 6.47. The van der Waals surface area contributed by atoms with Crippen molar-refractivity contribution in [1.82, 2.24) is 8.28 Å². The molecule has 1 aliphatic heterocycles. The van der Waals surface area contributed by atoms with Crippen molar-refractivity contribution >= 4 is 65.0 Å². The minimum absolute atomic E-state index is 0.329. The maximum atomic E-state index is 12.0. The quantitative estimate of drug-likeness (QED) is 0.397. The summed E-state index contributed by atoms with van der Waals surface area (Å²) in [5.41, 5.74) is 3.71. The van der Waals surface area contributed by atoms with E-state index < -0.39 is 0 Å². The number of benzene rings is 1. The van der Waals surface area contributed by atoms with E-state index in [2.05, 4.69) is 49.3 Å². The first-order chi connectivity index (χ1) is 11.6. The molecule has 1 saturated heterocycles. The number of ether oxygens (including phenoxy) is 2. The molecule has 0 saturated carbocycles. The number of aromatic nitrogens is 1. The van der Waals surface area contributed by atoms with Gasteiger partial charge in [-0.05, 0) is 30.7 Å². The number of rotatable bonds is 5. The van der Waals surface area contributed by atoms with Gasteiger partial charge in [0.05, 0.1) is 31.5 Å². The van der Waals surface area contributed by atoms with Crippen LogP contribution in [0.4, 0.5) is 5.69 Å². The van der Waals surface area contributed by atoms with Gasteiger partial charge >= 0.3 is 5.97 Å². The summed E-state index contributed by atoms with van der Waals surface area (Å²) in [4.78, 5) is 12.0. The molecule has 3 rings (SSSR count). The molecule has 0 bridgehead atoms. The van der Waals surface area contributed by atoms with Gasteiger partial charge in [0.1, 0.15) is 5.69 Å². The summed E-state index contributed by atoms with van der Waals surface area (Å²) in [7, 11) is 2.86. The average Bonchev–Trinajstić information content (AvgIpc) is 2.97. The number of carbonyl (C=O) groups is 1. The number of methoxy groups -OCH3 is 1. The summed E-state index contributed by atoms with van der Waals surface area (Å²) < 4.78 is 17.8. The number of nitrogens with zero attached hydrogens (tertiary/aromatic N) is 2. The van der Waals surface area contributed by atoms with Crippen LogP contribution in [-0.2, 0) is 9.47 Å². The molecular weight excluding hydrogens is 461 g/mol. The molecule has 0 radical (unpaired) electrons. The van der Waals surface area contributed by atoms with Gasteiger partial charge in [-0.2, -0.15) is 0 Å². The lowest BCUT2D eigenvalue weighted by atomic mass is 10.1. The normalized spacial score (nSPS) is 15.6. The van der Waals surface area contributed by atoms with E-state index in [-0.39, 0.29) is 5.97 Å². The maximum absolute atomic E-state index is 12.0. The summed E-state index contributed by atoms with van der Waals surface area (Å²) in [6.07, 6.45) is 0. The highest BCUT2D eigenvalue weighted by Gasteiger charge is 2.18. The van der Waals surface area contributed by atoms with Crippen LogP contribution in [0.15, 0.2) is 18.2 Å². The molecular formula is C15H18IN3O3S2. The highest BCUT2D eigenvalue weighted by molar-refractivity contribution is 14.2. The molecule has 1 aliphatic rings. The van der Waals surface area contributed by atoms with Crippen LogP contribution in [0.5, 0.6) is 0 Å². The number of hydrogen-bond donors (Lipinski definition) is 1. The zero-order valence-corrected chi connectivity index (χ0v) is 17.2. The van der Waals surface area contributed by atoms with Crippen molar-refractivity contribution in [2.24, 2.45) is 0 Å². The Balaban J connectivity index is 1.88. The van der Waals surface area contributed by atoms with Gasteiger partial charge in [-0.1, -0.05) is 0 Å². The molecule has 24 heavy (non-hydrogen) atoms. The molecule has 6 nitrogen and oxygen atoms in total. The molecule has 1 aromatic heterocycles. The van der Waals surface area contributed by atoms with E-state index in [1.807, 2.05) is 10.0 Å². The zero-order chi connectivity index (χ0) is 17.1. The second-order valence-electron chi connectivity index (χ2n) is 5.35. The molecule has 1 N–H and O–H groups in total. The number of halogens is 1. The first-order valence-electron chi connectivity index (χ1n) is 7.43. The fraction of sp³-hybridized carbons (Fsp3) is 0.400. The first kappa shape index (κ1) is 18.2. The third kappa shape index (κ3) is 3.79. The highest BCUT2D eigenvalue weighted by atomic mass is 127. The number of anilines is 1. The van der Waals surface area contributed by atoms with Crippen molar-refractivity contribution < 1.29 is 14.3 Å². The van der Waals surface area contributed by atoms with Crippen molar-refractivity contribution in [3.05, 3.63) is 29.5 Å². The smallest absolute Gasteiger partial charge is 0.355 e. The second kappa shape index (κ2) is 8.17. The molecule has 1 fully saturated rings. The van der Waals surface area contributed by atoms with E-state index in [1.54, 1.807) is 12.1 Å². The van der Waals surface area contributed by atoms with Crippen LogP contribution in [0.3, 0.4) is 0 Å². The van der Waals surface area contributed by atoms with Crippen LogP contribution in [0.1, 0.15) is 16.1 Å². The van der Waals surface area contributed by atoms with E-state index in [4.69, 9.17) is 9.47 Å². The third-order valence-electron chi connectivity index (χ3n) is 3.82.